The molecule has 20 heavy (non-hydrogen) atoms. The van der Waals surface area contributed by atoms with Crippen molar-refractivity contribution in [2.24, 2.45) is 11.3 Å². The van der Waals surface area contributed by atoms with Crippen LogP contribution in [0.15, 0.2) is 0 Å². The van der Waals surface area contributed by atoms with Gasteiger partial charge in [0.15, 0.2) is 0 Å². The average Bonchev–Trinajstić information content (AvgIpc) is 2.38. The molecule has 2 saturated heterocycles. The second-order valence-electron chi connectivity index (χ2n) is 7.66. The number of nitrogens with one attached hydrogen (secondary N) is 1. The van der Waals surface area contributed by atoms with Gasteiger partial charge >= 0.3 is 0 Å². The Morgan fingerprint density at radius 1 is 1.25 bits per heavy atom. The van der Waals surface area contributed by atoms with E-state index >= 15 is 0 Å². The first-order chi connectivity index (χ1) is 9.38. The van der Waals surface area contributed by atoms with Crippen LogP contribution in [0.4, 0.5) is 0 Å². The quantitative estimate of drug-likeness (QED) is 0.860. The van der Waals surface area contributed by atoms with Crippen LogP contribution in [0.2, 0.25) is 0 Å². The molecule has 2 heterocycles. The summed E-state index contributed by atoms with van der Waals surface area (Å²) in [5.41, 5.74) is 0.356. The second-order valence-corrected chi connectivity index (χ2v) is 10.2. The molecule has 2 nitrogen and oxygen atoms in total. The number of hydrogen-bond donors (Lipinski definition) is 1. The molecule has 0 bridgehead atoms. The molecule has 0 aliphatic carbocycles. The summed E-state index contributed by atoms with van der Waals surface area (Å²) in [5, 5.41) is 4.65. The number of piperazine rings is 1. The molecule has 0 amide bonds. The van der Waals surface area contributed by atoms with Crippen molar-refractivity contribution in [3.8, 4) is 0 Å². The molecular formula is C16H32N2S2. The lowest BCUT2D eigenvalue weighted by Crippen LogP contribution is -2.62. The van der Waals surface area contributed by atoms with Crippen molar-refractivity contribution in [1.82, 2.24) is 10.2 Å². The summed E-state index contributed by atoms with van der Waals surface area (Å²) in [7, 11) is 0. The molecule has 0 aromatic rings. The lowest BCUT2D eigenvalue weighted by Gasteiger charge is -2.47. The van der Waals surface area contributed by atoms with E-state index in [1.54, 1.807) is 0 Å². The van der Waals surface area contributed by atoms with E-state index in [1.807, 2.05) is 0 Å². The Hall–Kier alpha value is 0.620. The minimum Gasteiger partial charge on any atom is -0.311 e. The predicted molar refractivity (Wildman–Crippen MR) is 95.0 cm³/mol. The van der Waals surface area contributed by atoms with E-state index in [1.165, 1.54) is 30.3 Å². The summed E-state index contributed by atoms with van der Waals surface area (Å²) in [6.07, 6.45) is 0. The van der Waals surface area contributed by atoms with E-state index < -0.39 is 0 Å². The van der Waals surface area contributed by atoms with E-state index in [4.69, 9.17) is 0 Å². The monoisotopic (exact) mass is 316 g/mol. The van der Waals surface area contributed by atoms with Crippen molar-refractivity contribution < 1.29 is 0 Å². The van der Waals surface area contributed by atoms with Gasteiger partial charge in [0.2, 0.25) is 0 Å². The van der Waals surface area contributed by atoms with Crippen LogP contribution < -0.4 is 5.32 Å². The Morgan fingerprint density at radius 3 is 2.55 bits per heavy atom. The molecule has 0 aromatic carbocycles. The normalized spacial score (nSPS) is 33.6. The topological polar surface area (TPSA) is 15.3 Å². The van der Waals surface area contributed by atoms with Gasteiger partial charge in [-0.15, -0.1) is 0 Å². The molecule has 0 saturated carbocycles. The number of nitrogens with zero attached hydrogens (tertiary/aromatic N) is 1. The van der Waals surface area contributed by atoms with Gasteiger partial charge in [0.25, 0.3) is 0 Å². The van der Waals surface area contributed by atoms with Crippen LogP contribution in [0.1, 0.15) is 34.6 Å². The summed E-state index contributed by atoms with van der Waals surface area (Å²) in [6.45, 7) is 15.5. The van der Waals surface area contributed by atoms with Crippen molar-refractivity contribution in [1.29, 1.82) is 0 Å². The van der Waals surface area contributed by atoms with Gasteiger partial charge in [0.05, 0.1) is 0 Å². The third kappa shape index (κ3) is 4.56. The molecule has 2 fully saturated rings. The Bertz CT molecular complexity index is 295. The SMILES string of the molecule is CC(C)C1CNC(C(C)(C)C)CN1CC1CSCCS1. The van der Waals surface area contributed by atoms with Crippen LogP contribution in [-0.2, 0) is 0 Å². The standard InChI is InChI=1S/C16H32N2S2/c1-12(2)14-8-17-15(16(3,4)5)10-18(14)9-13-11-19-6-7-20-13/h12-15,17H,6-11H2,1-5H3. The highest BCUT2D eigenvalue weighted by molar-refractivity contribution is 8.06. The average molecular weight is 317 g/mol. The van der Waals surface area contributed by atoms with Gasteiger partial charge in [-0.3, -0.25) is 4.90 Å². The van der Waals surface area contributed by atoms with E-state index in [-0.39, 0.29) is 0 Å². The van der Waals surface area contributed by atoms with Crippen molar-refractivity contribution in [3.05, 3.63) is 0 Å². The van der Waals surface area contributed by atoms with Crippen molar-refractivity contribution in [3.63, 3.8) is 0 Å². The van der Waals surface area contributed by atoms with Crippen LogP contribution in [0.3, 0.4) is 0 Å². The third-order valence-electron chi connectivity index (χ3n) is 4.60. The predicted octanol–water partition coefficient (Wildman–Crippen LogP) is 3.18. The Labute approximate surface area is 134 Å². The molecule has 3 atom stereocenters. The zero-order valence-corrected chi connectivity index (χ0v) is 15.4. The lowest BCUT2D eigenvalue weighted by atomic mass is 9.83. The smallest absolute Gasteiger partial charge is 0.0265 e. The fourth-order valence-corrected chi connectivity index (χ4v) is 5.87. The highest BCUT2D eigenvalue weighted by atomic mass is 32.2. The zero-order chi connectivity index (χ0) is 14.8. The van der Waals surface area contributed by atoms with E-state index in [9.17, 15) is 0 Å². The van der Waals surface area contributed by atoms with E-state index in [2.05, 4.69) is 68.4 Å². The summed E-state index contributed by atoms with van der Waals surface area (Å²) in [4.78, 5) is 2.79. The first-order valence-electron chi connectivity index (χ1n) is 8.04. The molecule has 118 valence electrons. The van der Waals surface area contributed by atoms with Crippen LogP contribution >= 0.6 is 23.5 Å². The zero-order valence-electron chi connectivity index (χ0n) is 13.8. The minimum absolute atomic E-state index is 0.356. The molecule has 0 aromatic heterocycles. The molecule has 4 heteroatoms. The molecule has 2 rings (SSSR count). The molecule has 3 unspecified atom stereocenters. The maximum absolute atomic E-state index is 3.80. The number of hydrogen-bond acceptors (Lipinski definition) is 4. The van der Waals surface area contributed by atoms with Crippen molar-refractivity contribution in [2.75, 3.05) is 36.9 Å². The molecular weight excluding hydrogens is 284 g/mol. The first-order valence-corrected chi connectivity index (χ1v) is 10.2. The van der Waals surface area contributed by atoms with Gasteiger partial charge in [-0.2, -0.15) is 23.5 Å². The fraction of sp³-hybridized carbons (Fsp3) is 1.00. The van der Waals surface area contributed by atoms with Gasteiger partial charge in [-0.05, 0) is 11.3 Å². The van der Waals surface area contributed by atoms with Crippen LogP contribution in [0.5, 0.6) is 0 Å². The summed E-state index contributed by atoms with van der Waals surface area (Å²) < 4.78 is 0. The molecule has 2 aliphatic heterocycles. The summed E-state index contributed by atoms with van der Waals surface area (Å²) >= 11 is 4.34. The highest BCUT2D eigenvalue weighted by Crippen LogP contribution is 2.29. The molecule has 1 N–H and O–H groups in total. The van der Waals surface area contributed by atoms with Crippen molar-refractivity contribution in [2.45, 2.75) is 52.0 Å². The van der Waals surface area contributed by atoms with E-state index in [0.29, 0.717) is 17.5 Å². The van der Waals surface area contributed by atoms with Gasteiger partial charge in [-0.1, -0.05) is 34.6 Å². The van der Waals surface area contributed by atoms with Gasteiger partial charge in [0, 0.05) is 54.2 Å². The van der Waals surface area contributed by atoms with Crippen molar-refractivity contribution >= 4 is 23.5 Å². The van der Waals surface area contributed by atoms with Crippen LogP contribution in [0.25, 0.3) is 0 Å². The number of thioether (sulfide) groups is 2. The third-order valence-corrected chi connectivity index (χ3v) is 7.42. The highest BCUT2D eigenvalue weighted by Gasteiger charge is 2.36. The second kappa shape index (κ2) is 7.26. The Kier molecular flexibility index (Phi) is 6.16. The fourth-order valence-electron chi connectivity index (χ4n) is 3.18. The van der Waals surface area contributed by atoms with Gasteiger partial charge in [-0.25, -0.2) is 0 Å². The van der Waals surface area contributed by atoms with E-state index in [0.717, 1.165) is 17.7 Å². The largest absolute Gasteiger partial charge is 0.311 e. The number of rotatable bonds is 3. The van der Waals surface area contributed by atoms with Gasteiger partial charge < -0.3 is 5.32 Å². The molecule has 2 aliphatic rings. The maximum Gasteiger partial charge on any atom is 0.0265 e. The first kappa shape index (κ1) is 17.0. The maximum atomic E-state index is 3.80. The van der Waals surface area contributed by atoms with Crippen LogP contribution in [0, 0.1) is 11.3 Å². The summed E-state index contributed by atoms with van der Waals surface area (Å²) in [6, 6.07) is 1.33. The minimum atomic E-state index is 0.356. The lowest BCUT2D eigenvalue weighted by molar-refractivity contribution is 0.0647. The Morgan fingerprint density at radius 2 is 2.00 bits per heavy atom. The van der Waals surface area contributed by atoms with Gasteiger partial charge in [0.1, 0.15) is 0 Å². The molecule has 0 radical (unpaired) electrons. The Balaban J connectivity index is 1.98. The summed E-state index contributed by atoms with van der Waals surface area (Å²) in [5.74, 6) is 4.78. The molecule has 0 spiro atoms. The van der Waals surface area contributed by atoms with Crippen LogP contribution in [-0.4, -0.2) is 59.1 Å².